The molecule has 5 N–H and O–H groups in total. The predicted molar refractivity (Wildman–Crippen MR) is 99.3 cm³/mol. The van der Waals surface area contributed by atoms with E-state index in [0.717, 1.165) is 0 Å². The number of benzene rings is 2. The molecule has 136 valence electrons. The third-order valence-corrected chi connectivity index (χ3v) is 3.17. The van der Waals surface area contributed by atoms with Crippen LogP contribution in [0.3, 0.4) is 0 Å². The summed E-state index contributed by atoms with van der Waals surface area (Å²) in [4.78, 5) is 0. The largest absolute Gasteiger partial charge is 0.504 e. The Morgan fingerprint density at radius 1 is 0.962 bits per heavy atom. The third kappa shape index (κ3) is 5.13. The Kier molecular flexibility index (Phi) is 6.38. The Labute approximate surface area is 150 Å². The molecule has 0 bridgehead atoms. The van der Waals surface area contributed by atoms with E-state index < -0.39 is 0 Å². The van der Waals surface area contributed by atoms with E-state index in [2.05, 4.69) is 20.7 Å². The van der Waals surface area contributed by atoms with Crippen molar-refractivity contribution in [2.24, 2.45) is 21.0 Å². The number of guanidine groups is 1. The van der Waals surface area contributed by atoms with Crippen LogP contribution in [0.2, 0.25) is 0 Å². The van der Waals surface area contributed by atoms with Crippen molar-refractivity contribution in [2.45, 2.75) is 0 Å². The molecule has 0 saturated carbocycles. The van der Waals surface area contributed by atoms with Gasteiger partial charge in [0, 0.05) is 0 Å². The topological polar surface area (TPSA) is 134 Å². The number of nitrogens with one attached hydrogen (secondary N) is 1. The quantitative estimate of drug-likeness (QED) is 0.351. The van der Waals surface area contributed by atoms with Gasteiger partial charge in [0.1, 0.15) is 0 Å². The van der Waals surface area contributed by atoms with E-state index in [9.17, 15) is 10.2 Å². The molecule has 9 nitrogen and oxygen atoms in total. The van der Waals surface area contributed by atoms with Gasteiger partial charge >= 0.3 is 0 Å². The Morgan fingerprint density at radius 3 is 2.04 bits per heavy atom. The van der Waals surface area contributed by atoms with Crippen LogP contribution in [0, 0.1) is 0 Å². The second-order valence-electron chi connectivity index (χ2n) is 4.96. The summed E-state index contributed by atoms with van der Waals surface area (Å²) in [6, 6.07) is 9.51. The first-order valence-corrected chi connectivity index (χ1v) is 7.43. The summed E-state index contributed by atoms with van der Waals surface area (Å²) in [5.74, 6) is 0.727. The molecule has 0 unspecified atom stereocenters. The molecule has 0 aliphatic carbocycles. The molecule has 0 saturated heterocycles. The van der Waals surface area contributed by atoms with Crippen LogP contribution in [0.4, 0.5) is 0 Å². The lowest BCUT2D eigenvalue weighted by molar-refractivity contribution is 0.373. The number of ether oxygens (including phenoxy) is 2. The molecule has 0 spiro atoms. The Bertz CT molecular complexity index is 849. The monoisotopic (exact) mass is 357 g/mol. The molecule has 2 aromatic carbocycles. The molecule has 0 atom stereocenters. The maximum absolute atomic E-state index is 9.53. The van der Waals surface area contributed by atoms with Gasteiger partial charge in [-0.1, -0.05) is 0 Å². The number of phenolic OH excluding ortho intramolecular Hbond substituents is 2. The van der Waals surface area contributed by atoms with Crippen LogP contribution < -0.4 is 20.6 Å². The van der Waals surface area contributed by atoms with Crippen molar-refractivity contribution in [2.75, 3.05) is 14.2 Å². The number of methoxy groups -OCH3 is 2. The van der Waals surface area contributed by atoms with Crippen molar-refractivity contribution in [1.82, 2.24) is 5.43 Å². The standard InChI is InChI=1S/C17H19N5O4/c1-25-15-7-11(3-5-13(15)23)9-19-21-17(18)22-20-10-12-4-6-14(24)16(8-12)26-2/h3-10,23-24H,1-2H3,(H3,18,21,22). The first kappa shape index (κ1) is 18.6. The fourth-order valence-electron chi connectivity index (χ4n) is 1.90. The van der Waals surface area contributed by atoms with Crippen LogP contribution in [0.1, 0.15) is 11.1 Å². The number of hydrogen-bond acceptors (Lipinski definition) is 7. The van der Waals surface area contributed by atoms with E-state index in [4.69, 9.17) is 15.2 Å². The fraction of sp³-hybridized carbons (Fsp3) is 0.118. The van der Waals surface area contributed by atoms with Crippen molar-refractivity contribution < 1.29 is 19.7 Å². The molecule has 9 heteroatoms. The zero-order valence-electron chi connectivity index (χ0n) is 14.2. The molecular formula is C17H19N5O4. The highest BCUT2D eigenvalue weighted by molar-refractivity contribution is 5.85. The molecule has 0 aromatic heterocycles. The van der Waals surface area contributed by atoms with Crippen LogP contribution in [0.5, 0.6) is 23.0 Å². The van der Waals surface area contributed by atoms with E-state index in [1.54, 1.807) is 24.3 Å². The van der Waals surface area contributed by atoms with Gasteiger partial charge in [0.05, 0.1) is 26.6 Å². The van der Waals surface area contributed by atoms with Gasteiger partial charge in [0.25, 0.3) is 0 Å². The lowest BCUT2D eigenvalue weighted by Gasteiger charge is -2.03. The van der Waals surface area contributed by atoms with Crippen molar-refractivity contribution in [3.63, 3.8) is 0 Å². The lowest BCUT2D eigenvalue weighted by atomic mass is 10.2. The smallest absolute Gasteiger partial charge is 0.234 e. The van der Waals surface area contributed by atoms with Crippen LogP contribution in [-0.4, -0.2) is 42.8 Å². The number of rotatable bonds is 6. The molecule has 0 radical (unpaired) electrons. The Morgan fingerprint density at radius 2 is 1.50 bits per heavy atom. The van der Waals surface area contributed by atoms with E-state index in [1.165, 1.54) is 38.8 Å². The summed E-state index contributed by atoms with van der Waals surface area (Å²) in [6.07, 6.45) is 2.93. The van der Waals surface area contributed by atoms with Crippen molar-refractivity contribution in [1.29, 1.82) is 0 Å². The molecule has 0 heterocycles. The summed E-state index contributed by atoms with van der Waals surface area (Å²) in [7, 11) is 2.91. The van der Waals surface area contributed by atoms with Gasteiger partial charge in [-0.2, -0.15) is 10.2 Å². The fourth-order valence-corrected chi connectivity index (χ4v) is 1.90. The number of nitrogens with two attached hydrogens (primary N) is 1. The highest BCUT2D eigenvalue weighted by Crippen LogP contribution is 2.26. The van der Waals surface area contributed by atoms with Gasteiger partial charge in [-0.05, 0) is 47.5 Å². The highest BCUT2D eigenvalue weighted by Gasteiger charge is 2.01. The first-order chi connectivity index (χ1) is 12.5. The summed E-state index contributed by atoms with van der Waals surface area (Å²) >= 11 is 0. The van der Waals surface area contributed by atoms with Crippen LogP contribution >= 0.6 is 0 Å². The SMILES string of the molecule is COc1cc(C=NN=C(N)NN=Cc2ccc(O)c(OC)c2)ccc1O. The predicted octanol–water partition coefficient (Wildman–Crippen LogP) is 1.39. The molecule has 2 aromatic rings. The molecule has 0 aliphatic rings. The Hall–Kier alpha value is -3.75. The van der Waals surface area contributed by atoms with Crippen molar-refractivity contribution in [3.8, 4) is 23.0 Å². The number of phenols is 2. The van der Waals surface area contributed by atoms with Gasteiger partial charge in [-0.3, -0.25) is 0 Å². The minimum absolute atomic E-state index is 0.0195. The third-order valence-electron chi connectivity index (χ3n) is 3.17. The average Bonchev–Trinajstić information content (AvgIpc) is 2.64. The minimum atomic E-state index is -0.0195. The maximum atomic E-state index is 9.53. The van der Waals surface area contributed by atoms with Crippen molar-refractivity contribution in [3.05, 3.63) is 47.5 Å². The summed E-state index contributed by atoms with van der Waals surface area (Å²) in [5, 5.41) is 30.5. The minimum Gasteiger partial charge on any atom is -0.504 e. The normalized spacial score (nSPS) is 11.8. The van der Waals surface area contributed by atoms with Gasteiger partial charge < -0.3 is 25.4 Å². The molecule has 0 fully saturated rings. The van der Waals surface area contributed by atoms with Gasteiger partial charge in [-0.15, -0.1) is 5.10 Å². The maximum Gasteiger partial charge on any atom is 0.234 e. The number of nitrogens with zero attached hydrogens (tertiary/aromatic N) is 3. The van der Waals surface area contributed by atoms with Gasteiger partial charge in [-0.25, -0.2) is 5.43 Å². The second-order valence-corrected chi connectivity index (χ2v) is 4.96. The van der Waals surface area contributed by atoms with E-state index in [-0.39, 0.29) is 17.5 Å². The zero-order chi connectivity index (χ0) is 18.9. The van der Waals surface area contributed by atoms with Gasteiger partial charge in [0.2, 0.25) is 5.96 Å². The van der Waals surface area contributed by atoms with Gasteiger partial charge in [0.15, 0.2) is 23.0 Å². The molecule has 26 heavy (non-hydrogen) atoms. The average molecular weight is 357 g/mol. The number of hydrogen-bond donors (Lipinski definition) is 4. The lowest BCUT2D eigenvalue weighted by Crippen LogP contribution is -2.26. The Balaban J connectivity index is 1.95. The number of hydrazone groups is 1. The summed E-state index contributed by atoms with van der Waals surface area (Å²) in [6.45, 7) is 0. The van der Waals surface area contributed by atoms with E-state index >= 15 is 0 Å². The molecule has 2 rings (SSSR count). The molecule has 0 amide bonds. The molecule has 0 aliphatic heterocycles. The van der Waals surface area contributed by atoms with E-state index in [1.807, 2.05) is 0 Å². The summed E-state index contributed by atoms with van der Waals surface area (Å²) < 4.78 is 10.0. The molecular weight excluding hydrogens is 338 g/mol. The first-order valence-electron chi connectivity index (χ1n) is 7.43. The second kappa shape index (κ2) is 8.92. The van der Waals surface area contributed by atoms with Crippen molar-refractivity contribution >= 4 is 18.4 Å². The summed E-state index contributed by atoms with van der Waals surface area (Å²) in [5.41, 5.74) is 9.53. The van der Waals surface area contributed by atoms with Crippen LogP contribution in [-0.2, 0) is 0 Å². The number of aromatic hydroxyl groups is 2. The highest BCUT2D eigenvalue weighted by atomic mass is 16.5. The zero-order valence-corrected chi connectivity index (χ0v) is 14.2. The van der Waals surface area contributed by atoms with Crippen LogP contribution in [0.25, 0.3) is 0 Å². The van der Waals surface area contributed by atoms with Crippen LogP contribution in [0.15, 0.2) is 51.7 Å². The van der Waals surface area contributed by atoms with E-state index in [0.29, 0.717) is 22.6 Å².